The van der Waals surface area contributed by atoms with Gasteiger partial charge in [-0.2, -0.15) is 0 Å². The summed E-state index contributed by atoms with van der Waals surface area (Å²) in [5.41, 5.74) is 6.46. The lowest BCUT2D eigenvalue weighted by molar-refractivity contribution is 1.04. The second kappa shape index (κ2) is 9.93. The molecule has 0 atom stereocenters. The predicted molar refractivity (Wildman–Crippen MR) is 181 cm³/mol. The minimum atomic E-state index is 0.655. The van der Waals surface area contributed by atoms with E-state index in [9.17, 15) is 0 Å². The molecule has 4 aromatic heterocycles. The van der Waals surface area contributed by atoms with Gasteiger partial charge in [-0.1, -0.05) is 97.1 Å². The van der Waals surface area contributed by atoms with Crippen LogP contribution >= 0.6 is 11.3 Å². The van der Waals surface area contributed by atoms with E-state index in [1.54, 1.807) is 0 Å². The topological polar surface area (TPSA) is 56.5 Å². The quantitative estimate of drug-likeness (QED) is 0.208. The van der Waals surface area contributed by atoms with Crippen molar-refractivity contribution in [1.29, 1.82) is 0 Å². The Morgan fingerprint density at radius 3 is 1.95 bits per heavy atom. The van der Waals surface area contributed by atoms with E-state index in [2.05, 4.69) is 77.4 Å². The zero-order chi connectivity index (χ0) is 29.0. The van der Waals surface area contributed by atoms with E-state index in [0.717, 1.165) is 39.4 Å². The highest BCUT2D eigenvalue weighted by Gasteiger charge is 2.17. The molecule has 5 aromatic carbocycles. The molecule has 0 bridgehead atoms. The Balaban J connectivity index is 1.21. The molecule has 0 aliphatic carbocycles. The van der Waals surface area contributed by atoms with E-state index < -0.39 is 0 Å². The van der Waals surface area contributed by atoms with Gasteiger partial charge in [-0.15, -0.1) is 11.3 Å². The van der Waals surface area contributed by atoms with Crippen LogP contribution in [0.25, 0.3) is 81.8 Å². The van der Waals surface area contributed by atoms with Gasteiger partial charge in [0, 0.05) is 42.1 Å². The van der Waals surface area contributed by atoms with Crippen LogP contribution in [0.4, 0.5) is 0 Å². The van der Waals surface area contributed by atoms with Gasteiger partial charge >= 0.3 is 0 Å². The second-order valence-corrected chi connectivity index (χ2v) is 11.9. The van der Waals surface area contributed by atoms with Crippen molar-refractivity contribution in [2.75, 3.05) is 0 Å². The molecule has 0 aliphatic heterocycles. The van der Waals surface area contributed by atoms with Crippen LogP contribution in [0.1, 0.15) is 0 Å². The molecule has 0 unspecified atom stereocenters. The van der Waals surface area contributed by atoms with Gasteiger partial charge in [0.15, 0.2) is 11.6 Å². The number of fused-ring (bicyclic) bond motifs is 6. The fourth-order valence-corrected chi connectivity index (χ4v) is 7.18. The van der Waals surface area contributed by atoms with Crippen molar-refractivity contribution in [2.45, 2.75) is 0 Å². The Labute approximate surface area is 256 Å². The van der Waals surface area contributed by atoms with E-state index in [4.69, 9.17) is 19.9 Å². The average Bonchev–Trinajstić information content (AvgIpc) is 3.63. The number of para-hydroxylation sites is 1. The molecule has 0 spiro atoms. The number of hydrogen-bond acceptors (Lipinski definition) is 5. The minimum absolute atomic E-state index is 0.655. The third-order valence-corrected chi connectivity index (χ3v) is 9.26. The molecule has 6 heteroatoms. The highest BCUT2D eigenvalue weighted by molar-refractivity contribution is 7.25. The zero-order valence-electron chi connectivity index (χ0n) is 23.4. The monoisotopic (exact) mass is 581 g/mol. The van der Waals surface area contributed by atoms with Crippen molar-refractivity contribution in [3.63, 3.8) is 0 Å². The maximum absolute atomic E-state index is 4.98. The summed E-state index contributed by atoms with van der Waals surface area (Å²) in [7, 11) is 0. The SMILES string of the molecule is c1ccc(-c2cc(-c3cnc(-n4c5ccccc5c5cc6sc7ccccc7c6cc54)cn3)nc(-c3ccccc3)n2)cc1. The van der Waals surface area contributed by atoms with Crippen LogP contribution in [-0.2, 0) is 0 Å². The van der Waals surface area contributed by atoms with Crippen molar-refractivity contribution in [3.8, 4) is 39.9 Å². The molecule has 5 nitrogen and oxygen atoms in total. The molecule has 4 heterocycles. The Morgan fingerprint density at radius 2 is 1.16 bits per heavy atom. The predicted octanol–water partition coefficient (Wildman–Crippen LogP) is 9.73. The summed E-state index contributed by atoms with van der Waals surface area (Å²) in [6.07, 6.45) is 3.67. The molecule has 0 saturated carbocycles. The van der Waals surface area contributed by atoms with Crippen molar-refractivity contribution in [1.82, 2.24) is 24.5 Å². The molecule has 44 heavy (non-hydrogen) atoms. The van der Waals surface area contributed by atoms with Gasteiger partial charge in [0.2, 0.25) is 0 Å². The molecule has 0 saturated heterocycles. The summed E-state index contributed by atoms with van der Waals surface area (Å²) in [4.78, 5) is 19.7. The smallest absolute Gasteiger partial charge is 0.160 e. The molecule has 0 radical (unpaired) electrons. The average molecular weight is 582 g/mol. The summed E-state index contributed by atoms with van der Waals surface area (Å²) >= 11 is 1.84. The third-order valence-electron chi connectivity index (χ3n) is 8.13. The van der Waals surface area contributed by atoms with E-state index in [1.807, 2.05) is 78.3 Å². The summed E-state index contributed by atoms with van der Waals surface area (Å²) in [5, 5.41) is 4.94. The summed E-state index contributed by atoms with van der Waals surface area (Å²) in [5.74, 6) is 1.42. The number of hydrogen-bond donors (Lipinski definition) is 0. The highest BCUT2D eigenvalue weighted by Crippen LogP contribution is 2.40. The normalized spacial score (nSPS) is 11.6. The lowest BCUT2D eigenvalue weighted by atomic mass is 10.1. The van der Waals surface area contributed by atoms with E-state index in [-0.39, 0.29) is 0 Å². The second-order valence-electron chi connectivity index (χ2n) is 10.8. The van der Waals surface area contributed by atoms with E-state index >= 15 is 0 Å². The van der Waals surface area contributed by atoms with Crippen LogP contribution in [0.15, 0.2) is 140 Å². The van der Waals surface area contributed by atoms with Gasteiger partial charge in [-0.3, -0.25) is 4.57 Å². The van der Waals surface area contributed by atoms with Crippen LogP contribution < -0.4 is 0 Å². The van der Waals surface area contributed by atoms with Gasteiger partial charge in [0.1, 0.15) is 5.69 Å². The number of benzene rings is 5. The van der Waals surface area contributed by atoms with Gasteiger partial charge in [-0.05, 0) is 30.3 Å². The molecule has 0 aliphatic rings. The Hall–Kier alpha value is -5.72. The fraction of sp³-hybridized carbons (Fsp3) is 0. The fourth-order valence-electron chi connectivity index (χ4n) is 6.05. The van der Waals surface area contributed by atoms with Crippen LogP contribution in [0.2, 0.25) is 0 Å². The maximum atomic E-state index is 4.98. The summed E-state index contributed by atoms with van der Waals surface area (Å²) in [6, 6.07) is 44.0. The highest BCUT2D eigenvalue weighted by atomic mass is 32.1. The first-order chi connectivity index (χ1) is 21.8. The minimum Gasteiger partial charge on any atom is -0.292 e. The van der Waals surface area contributed by atoms with Crippen molar-refractivity contribution in [3.05, 3.63) is 140 Å². The van der Waals surface area contributed by atoms with E-state index in [1.165, 1.54) is 30.9 Å². The van der Waals surface area contributed by atoms with Crippen LogP contribution in [0.3, 0.4) is 0 Å². The largest absolute Gasteiger partial charge is 0.292 e. The van der Waals surface area contributed by atoms with Crippen molar-refractivity contribution >= 4 is 53.3 Å². The van der Waals surface area contributed by atoms with Gasteiger partial charge in [0.25, 0.3) is 0 Å². The standard InChI is InChI=1S/C38H23N5S/c1-3-11-24(12-4-1)30-21-31(42-38(41-30)25-13-5-2-6-14-25)32-22-40-37(23-39-32)43-33-17-9-7-15-26(33)28-20-36-29(19-34(28)43)27-16-8-10-18-35(27)44-36/h1-23H. The first kappa shape index (κ1) is 24.8. The first-order valence-electron chi connectivity index (χ1n) is 14.5. The Morgan fingerprint density at radius 1 is 0.455 bits per heavy atom. The molecule has 9 rings (SSSR count). The van der Waals surface area contributed by atoms with Gasteiger partial charge in [0.05, 0.1) is 34.8 Å². The maximum Gasteiger partial charge on any atom is 0.160 e. The van der Waals surface area contributed by atoms with Crippen molar-refractivity contribution in [2.24, 2.45) is 0 Å². The first-order valence-corrected chi connectivity index (χ1v) is 15.3. The molecular weight excluding hydrogens is 559 g/mol. The zero-order valence-corrected chi connectivity index (χ0v) is 24.2. The number of aromatic nitrogens is 5. The van der Waals surface area contributed by atoms with E-state index in [0.29, 0.717) is 11.5 Å². The number of thiophene rings is 1. The number of rotatable bonds is 4. The number of nitrogens with zero attached hydrogens (tertiary/aromatic N) is 5. The molecule has 0 amide bonds. The Bertz CT molecular complexity index is 2420. The molecule has 206 valence electrons. The molecule has 0 fully saturated rings. The summed E-state index contributed by atoms with van der Waals surface area (Å²) < 4.78 is 4.80. The molecular formula is C38H23N5S. The van der Waals surface area contributed by atoms with Crippen molar-refractivity contribution < 1.29 is 0 Å². The van der Waals surface area contributed by atoms with Gasteiger partial charge < -0.3 is 0 Å². The van der Waals surface area contributed by atoms with Crippen LogP contribution in [0, 0.1) is 0 Å². The Kier molecular flexibility index (Phi) is 5.61. The van der Waals surface area contributed by atoms with Gasteiger partial charge in [-0.25, -0.2) is 19.9 Å². The lowest BCUT2D eigenvalue weighted by Gasteiger charge is -2.10. The van der Waals surface area contributed by atoms with Crippen LogP contribution in [-0.4, -0.2) is 24.5 Å². The van der Waals surface area contributed by atoms with Crippen LogP contribution in [0.5, 0.6) is 0 Å². The molecule has 9 aromatic rings. The lowest BCUT2D eigenvalue weighted by Crippen LogP contribution is -2.01. The third kappa shape index (κ3) is 4.00. The molecule has 0 N–H and O–H groups in total. The summed E-state index contributed by atoms with van der Waals surface area (Å²) in [6.45, 7) is 0.